The van der Waals surface area contributed by atoms with Crippen LogP contribution >= 0.6 is 0 Å². The molecule has 1 heterocycles. The lowest BCUT2D eigenvalue weighted by Crippen LogP contribution is -2.03. The molecule has 2 aromatic carbocycles. The summed E-state index contributed by atoms with van der Waals surface area (Å²) >= 11 is 0. The maximum Gasteiger partial charge on any atom is 0.229 e. The maximum absolute atomic E-state index is 12.0. The van der Waals surface area contributed by atoms with Crippen LogP contribution in [0.1, 0.15) is 22.8 Å². The Labute approximate surface area is 152 Å². The third kappa shape index (κ3) is 4.33. The standard InChI is InChI=1S/C21H20N4O/c1-3-8-19(26)16-9-7-12-18(13-16)23-20-15(2)14-22-21(25-20)24-17-10-5-4-6-11-17/h3-14H,1-2H3,(H2,22,23,24,25). The molecule has 130 valence electrons. The number of rotatable bonds is 6. The molecule has 0 saturated heterocycles. The van der Waals surface area contributed by atoms with E-state index in [1.807, 2.05) is 62.4 Å². The van der Waals surface area contributed by atoms with Crippen LogP contribution in [0.4, 0.5) is 23.1 Å². The zero-order valence-corrected chi connectivity index (χ0v) is 14.7. The zero-order chi connectivity index (χ0) is 18.4. The van der Waals surface area contributed by atoms with Crippen molar-refractivity contribution in [2.75, 3.05) is 10.6 Å². The molecule has 0 spiro atoms. The molecule has 26 heavy (non-hydrogen) atoms. The number of para-hydroxylation sites is 1. The van der Waals surface area contributed by atoms with Crippen molar-refractivity contribution in [2.45, 2.75) is 13.8 Å². The summed E-state index contributed by atoms with van der Waals surface area (Å²) in [4.78, 5) is 20.9. The van der Waals surface area contributed by atoms with Gasteiger partial charge in [0.1, 0.15) is 5.82 Å². The van der Waals surface area contributed by atoms with Gasteiger partial charge in [-0.3, -0.25) is 4.79 Å². The van der Waals surface area contributed by atoms with E-state index >= 15 is 0 Å². The predicted octanol–water partition coefficient (Wildman–Crippen LogP) is 5.03. The summed E-state index contributed by atoms with van der Waals surface area (Å²) in [6, 6.07) is 17.1. The van der Waals surface area contributed by atoms with Crippen LogP contribution in [-0.2, 0) is 0 Å². The third-order valence-electron chi connectivity index (χ3n) is 3.73. The molecule has 3 aromatic rings. The Morgan fingerprint density at radius 2 is 1.77 bits per heavy atom. The molecule has 0 fully saturated rings. The molecule has 0 amide bonds. The van der Waals surface area contributed by atoms with Gasteiger partial charge in [0.2, 0.25) is 5.95 Å². The van der Waals surface area contributed by atoms with Crippen LogP contribution in [0.15, 0.2) is 72.9 Å². The predicted molar refractivity (Wildman–Crippen MR) is 105 cm³/mol. The number of hydrogen-bond donors (Lipinski definition) is 2. The van der Waals surface area contributed by atoms with Crippen LogP contribution in [0.5, 0.6) is 0 Å². The summed E-state index contributed by atoms with van der Waals surface area (Å²) in [5.74, 6) is 1.17. The van der Waals surface area contributed by atoms with E-state index in [1.165, 1.54) is 0 Å². The minimum Gasteiger partial charge on any atom is -0.340 e. The van der Waals surface area contributed by atoms with Gasteiger partial charge in [0.05, 0.1) is 0 Å². The summed E-state index contributed by atoms with van der Waals surface area (Å²) in [5.41, 5.74) is 3.25. The Balaban J connectivity index is 1.82. The highest BCUT2D eigenvalue weighted by atomic mass is 16.1. The van der Waals surface area contributed by atoms with Gasteiger partial charge in [-0.2, -0.15) is 4.98 Å². The molecule has 0 aliphatic heterocycles. The second-order valence-corrected chi connectivity index (χ2v) is 5.79. The number of aromatic nitrogens is 2. The second kappa shape index (κ2) is 8.07. The highest BCUT2D eigenvalue weighted by molar-refractivity contribution is 6.05. The fraction of sp³-hybridized carbons (Fsp3) is 0.0952. The van der Waals surface area contributed by atoms with E-state index in [1.54, 1.807) is 24.4 Å². The number of benzene rings is 2. The normalized spacial score (nSPS) is 10.7. The summed E-state index contributed by atoms with van der Waals surface area (Å²) in [5, 5.41) is 6.45. The van der Waals surface area contributed by atoms with Gasteiger partial charge in [-0.15, -0.1) is 0 Å². The lowest BCUT2D eigenvalue weighted by atomic mass is 10.1. The average molecular weight is 344 g/mol. The number of hydrogen-bond acceptors (Lipinski definition) is 5. The minimum absolute atomic E-state index is 0.0259. The molecule has 3 rings (SSSR count). The first-order valence-corrected chi connectivity index (χ1v) is 8.35. The molecular formula is C21H20N4O. The van der Waals surface area contributed by atoms with Crippen LogP contribution in [0.3, 0.4) is 0 Å². The fourth-order valence-corrected chi connectivity index (χ4v) is 2.41. The Kier molecular flexibility index (Phi) is 5.39. The van der Waals surface area contributed by atoms with Crippen LogP contribution < -0.4 is 10.6 Å². The van der Waals surface area contributed by atoms with Crippen molar-refractivity contribution >= 4 is 28.9 Å². The molecular weight excluding hydrogens is 324 g/mol. The van der Waals surface area contributed by atoms with Gasteiger partial charge in [-0.1, -0.05) is 36.4 Å². The first kappa shape index (κ1) is 17.4. The van der Waals surface area contributed by atoms with Crippen LogP contribution in [0.25, 0.3) is 0 Å². The topological polar surface area (TPSA) is 66.9 Å². The van der Waals surface area contributed by atoms with Gasteiger partial charge in [-0.25, -0.2) is 4.98 Å². The van der Waals surface area contributed by atoms with Crippen LogP contribution in [0, 0.1) is 6.92 Å². The van der Waals surface area contributed by atoms with Gasteiger partial charge in [-0.05, 0) is 44.2 Å². The van der Waals surface area contributed by atoms with Crippen molar-refractivity contribution in [1.29, 1.82) is 0 Å². The van der Waals surface area contributed by atoms with Gasteiger partial charge in [0, 0.05) is 28.7 Å². The number of anilines is 4. The molecule has 0 aliphatic rings. The molecule has 1 aromatic heterocycles. The SMILES string of the molecule is CC=CC(=O)c1cccc(Nc2nc(Nc3ccccc3)ncc2C)c1. The number of aryl methyl sites for hydroxylation is 1. The van der Waals surface area contributed by atoms with Gasteiger partial charge in [0.25, 0.3) is 0 Å². The van der Waals surface area contributed by atoms with E-state index in [4.69, 9.17) is 0 Å². The van der Waals surface area contributed by atoms with Crippen molar-refractivity contribution < 1.29 is 4.79 Å². The van der Waals surface area contributed by atoms with E-state index in [9.17, 15) is 4.79 Å². The smallest absolute Gasteiger partial charge is 0.229 e. The number of ketones is 1. The first-order chi connectivity index (χ1) is 12.7. The Bertz CT molecular complexity index is 936. The minimum atomic E-state index is -0.0259. The quantitative estimate of drug-likeness (QED) is 0.485. The van der Waals surface area contributed by atoms with E-state index in [-0.39, 0.29) is 5.78 Å². The number of carbonyl (C=O) groups excluding carboxylic acids is 1. The van der Waals surface area contributed by atoms with Crippen molar-refractivity contribution in [3.05, 3.63) is 84.1 Å². The lowest BCUT2D eigenvalue weighted by molar-refractivity contribution is 0.104. The number of nitrogens with zero attached hydrogens (tertiary/aromatic N) is 2. The first-order valence-electron chi connectivity index (χ1n) is 8.35. The van der Waals surface area contributed by atoms with Crippen molar-refractivity contribution in [2.24, 2.45) is 0 Å². The molecule has 0 saturated carbocycles. The maximum atomic E-state index is 12.0. The van der Waals surface area contributed by atoms with Crippen molar-refractivity contribution in [3.63, 3.8) is 0 Å². The monoisotopic (exact) mass is 344 g/mol. The molecule has 0 atom stereocenters. The average Bonchev–Trinajstić information content (AvgIpc) is 2.66. The van der Waals surface area contributed by atoms with E-state index in [2.05, 4.69) is 20.6 Å². The highest BCUT2D eigenvalue weighted by Crippen LogP contribution is 2.21. The Morgan fingerprint density at radius 1 is 1.00 bits per heavy atom. The Hall–Kier alpha value is -3.47. The highest BCUT2D eigenvalue weighted by Gasteiger charge is 2.07. The molecule has 0 aliphatic carbocycles. The zero-order valence-electron chi connectivity index (χ0n) is 14.7. The third-order valence-corrected chi connectivity index (χ3v) is 3.73. The van der Waals surface area contributed by atoms with Crippen LogP contribution in [-0.4, -0.2) is 15.8 Å². The molecule has 5 nitrogen and oxygen atoms in total. The summed E-state index contributed by atoms with van der Waals surface area (Å²) in [7, 11) is 0. The molecule has 0 unspecified atom stereocenters. The van der Waals surface area contributed by atoms with Crippen LogP contribution in [0.2, 0.25) is 0 Å². The van der Waals surface area contributed by atoms with E-state index in [0.717, 1.165) is 16.9 Å². The van der Waals surface area contributed by atoms with E-state index < -0.39 is 0 Å². The summed E-state index contributed by atoms with van der Waals surface area (Å²) < 4.78 is 0. The largest absolute Gasteiger partial charge is 0.340 e. The molecule has 0 bridgehead atoms. The van der Waals surface area contributed by atoms with Gasteiger partial charge >= 0.3 is 0 Å². The summed E-state index contributed by atoms with van der Waals surface area (Å²) in [6.07, 6.45) is 5.05. The molecule has 5 heteroatoms. The summed E-state index contributed by atoms with van der Waals surface area (Å²) in [6.45, 7) is 3.76. The van der Waals surface area contributed by atoms with Gasteiger partial charge < -0.3 is 10.6 Å². The molecule has 0 radical (unpaired) electrons. The fourth-order valence-electron chi connectivity index (χ4n) is 2.41. The second-order valence-electron chi connectivity index (χ2n) is 5.79. The number of allylic oxidation sites excluding steroid dienone is 2. The lowest BCUT2D eigenvalue weighted by Gasteiger charge is -2.11. The van der Waals surface area contributed by atoms with E-state index in [0.29, 0.717) is 17.3 Å². The Morgan fingerprint density at radius 3 is 2.54 bits per heavy atom. The van der Waals surface area contributed by atoms with Gasteiger partial charge in [0.15, 0.2) is 5.78 Å². The van der Waals surface area contributed by atoms with Crippen molar-refractivity contribution in [3.8, 4) is 0 Å². The number of nitrogens with one attached hydrogen (secondary N) is 2. The van der Waals surface area contributed by atoms with Crippen molar-refractivity contribution in [1.82, 2.24) is 9.97 Å². The number of carbonyl (C=O) groups is 1. The molecule has 2 N–H and O–H groups in total.